The Morgan fingerprint density at radius 3 is 2.59 bits per heavy atom. The van der Waals surface area contributed by atoms with Gasteiger partial charge < -0.3 is 4.90 Å². The lowest BCUT2D eigenvalue weighted by Gasteiger charge is -2.21. The summed E-state index contributed by atoms with van der Waals surface area (Å²) < 4.78 is 25.5. The van der Waals surface area contributed by atoms with Gasteiger partial charge in [0, 0.05) is 31.7 Å². The number of rotatable bonds is 4. The van der Waals surface area contributed by atoms with Crippen LogP contribution in [0.2, 0.25) is 0 Å². The lowest BCUT2D eigenvalue weighted by Crippen LogP contribution is -2.24. The molecule has 2 aromatic heterocycles. The van der Waals surface area contributed by atoms with E-state index in [4.69, 9.17) is 0 Å². The van der Waals surface area contributed by atoms with E-state index in [0.29, 0.717) is 5.52 Å². The van der Waals surface area contributed by atoms with Gasteiger partial charge in [0.05, 0.1) is 15.9 Å². The van der Waals surface area contributed by atoms with Crippen molar-refractivity contribution in [2.24, 2.45) is 0 Å². The second-order valence-electron chi connectivity index (χ2n) is 5.15. The quantitative estimate of drug-likeness (QED) is 0.737. The first-order chi connectivity index (χ1) is 10.5. The predicted molar refractivity (Wildman–Crippen MR) is 87.2 cm³/mol. The molecule has 2 heterocycles. The maximum atomic E-state index is 11.8. The molecule has 6 nitrogen and oxygen atoms in total. The normalized spacial score (nSPS) is 12.1. The van der Waals surface area contributed by atoms with E-state index in [9.17, 15) is 8.42 Å². The molecule has 3 rings (SSSR count). The van der Waals surface area contributed by atoms with Gasteiger partial charge in [0.2, 0.25) is 0 Å². The summed E-state index contributed by atoms with van der Waals surface area (Å²) in [6, 6.07) is 5.01. The number of anilines is 1. The van der Waals surface area contributed by atoms with Crippen LogP contribution in [0, 0.1) is 0 Å². The Hall–Kier alpha value is -2.15. The number of hydrogen-bond acceptors (Lipinski definition) is 5. The van der Waals surface area contributed by atoms with Crippen LogP contribution in [0.3, 0.4) is 0 Å². The minimum Gasteiger partial charge on any atom is -0.354 e. The highest BCUT2D eigenvalue weighted by Gasteiger charge is 2.15. The van der Waals surface area contributed by atoms with Gasteiger partial charge in [0.1, 0.15) is 0 Å². The van der Waals surface area contributed by atoms with Crippen molar-refractivity contribution in [3.63, 3.8) is 0 Å². The van der Waals surface area contributed by atoms with Crippen LogP contribution in [-0.4, -0.2) is 42.1 Å². The zero-order chi connectivity index (χ0) is 15.9. The fourth-order valence-corrected chi connectivity index (χ4v) is 3.23. The summed E-state index contributed by atoms with van der Waals surface area (Å²) in [7, 11) is -3.26. The Balaban J connectivity index is 2.37. The van der Waals surface area contributed by atoms with Crippen molar-refractivity contribution in [2.45, 2.75) is 18.7 Å². The Kier molecular flexibility index (Phi) is 3.52. The van der Waals surface area contributed by atoms with Gasteiger partial charge in [-0.15, -0.1) is 0 Å². The van der Waals surface area contributed by atoms with Crippen molar-refractivity contribution in [1.82, 2.24) is 14.4 Å². The smallest absolute Gasteiger partial charge is 0.180 e. The average molecular weight is 318 g/mol. The number of imidazole rings is 1. The molecule has 0 bridgehead atoms. The van der Waals surface area contributed by atoms with E-state index in [2.05, 4.69) is 28.7 Å². The Labute approximate surface area is 129 Å². The Morgan fingerprint density at radius 1 is 1.23 bits per heavy atom. The highest BCUT2D eigenvalue weighted by Crippen LogP contribution is 2.25. The summed E-state index contributed by atoms with van der Waals surface area (Å²) in [6.07, 6.45) is 4.80. The minimum atomic E-state index is -3.26. The summed E-state index contributed by atoms with van der Waals surface area (Å²) in [5.41, 5.74) is 2.27. The van der Waals surface area contributed by atoms with Crippen LogP contribution in [-0.2, 0) is 9.84 Å². The van der Waals surface area contributed by atoms with E-state index in [1.165, 1.54) is 6.26 Å². The molecule has 3 aromatic rings. The van der Waals surface area contributed by atoms with Gasteiger partial charge in [0.15, 0.2) is 21.3 Å². The molecule has 0 amide bonds. The Bertz CT molecular complexity index is 943. The van der Waals surface area contributed by atoms with Crippen LogP contribution < -0.4 is 4.90 Å². The molecular formula is C15H18N4O2S. The molecule has 7 heteroatoms. The van der Waals surface area contributed by atoms with Crippen LogP contribution in [0.1, 0.15) is 13.8 Å². The first-order valence-electron chi connectivity index (χ1n) is 7.17. The second-order valence-corrected chi connectivity index (χ2v) is 7.17. The molecule has 0 fully saturated rings. The van der Waals surface area contributed by atoms with Crippen LogP contribution >= 0.6 is 0 Å². The molecule has 0 spiro atoms. The zero-order valence-electron chi connectivity index (χ0n) is 12.8. The topological polar surface area (TPSA) is 67.6 Å². The molecule has 0 saturated heterocycles. The fraction of sp³-hybridized carbons (Fsp3) is 0.333. The molecule has 0 aliphatic heterocycles. The summed E-state index contributed by atoms with van der Waals surface area (Å²) in [5.74, 6) is 0.771. The van der Waals surface area contributed by atoms with Gasteiger partial charge in [-0.1, -0.05) is 0 Å². The molecule has 22 heavy (non-hydrogen) atoms. The van der Waals surface area contributed by atoms with Crippen LogP contribution in [0.4, 0.5) is 5.82 Å². The van der Waals surface area contributed by atoms with E-state index in [1.54, 1.807) is 24.4 Å². The molecule has 0 unspecified atom stereocenters. The molecule has 0 N–H and O–H groups in total. The molecule has 116 valence electrons. The van der Waals surface area contributed by atoms with E-state index in [0.717, 1.165) is 30.1 Å². The zero-order valence-corrected chi connectivity index (χ0v) is 13.6. The third-order valence-corrected chi connectivity index (χ3v) is 4.87. The first-order valence-corrected chi connectivity index (χ1v) is 9.06. The maximum absolute atomic E-state index is 11.8. The van der Waals surface area contributed by atoms with Gasteiger partial charge in [-0.25, -0.2) is 18.4 Å². The molecule has 0 aliphatic rings. The van der Waals surface area contributed by atoms with Crippen LogP contribution in [0.15, 0.2) is 35.5 Å². The monoisotopic (exact) mass is 318 g/mol. The van der Waals surface area contributed by atoms with E-state index < -0.39 is 9.84 Å². The summed E-state index contributed by atoms with van der Waals surface area (Å²) in [5, 5.41) is 0. The molecule has 0 aliphatic carbocycles. The largest absolute Gasteiger partial charge is 0.354 e. The van der Waals surface area contributed by atoms with Gasteiger partial charge in [-0.05, 0) is 32.0 Å². The van der Waals surface area contributed by atoms with E-state index in [-0.39, 0.29) is 4.90 Å². The van der Waals surface area contributed by atoms with Crippen LogP contribution in [0.5, 0.6) is 0 Å². The Morgan fingerprint density at radius 2 is 1.95 bits per heavy atom. The van der Waals surface area contributed by atoms with Crippen molar-refractivity contribution in [2.75, 3.05) is 24.2 Å². The number of hydrogen-bond donors (Lipinski definition) is 0. The molecule has 0 saturated carbocycles. The minimum absolute atomic E-state index is 0.275. The number of benzene rings is 1. The third kappa shape index (κ3) is 2.31. The van der Waals surface area contributed by atoms with Gasteiger partial charge >= 0.3 is 0 Å². The standard InChI is InChI=1S/C15H18N4O2S/c1-4-18(5-2)15-14-16-8-9-19(14)13-7-6-11(22(3,20)21)10-12(13)17-15/h6-10H,4-5H2,1-3H3. The molecular weight excluding hydrogens is 300 g/mol. The van der Waals surface area contributed by atoms with E-state index in [1.807, 2.05) is 10.6 Å². The molecule has 0 radical (unpaired) electrons. The number of aromatic nitrogens is 3. The second kappa shape index (κ2) is 5.24. The first kappa shape index (κ1) is 14.8. The van der Waals surface area contributed by atoms with Crippen LogP contribution in [0.25, 0.3) is 16.7 Å². The maximum Gasteiger partial charge on any atom is 0.180 e. The molecule has 1 aromatic carbocycles. The van der Waals surface area contributed by atoms with Crippen molar-refractivity contribution >= 4 is 32.3 Å². The average Bonchev–Trinajstić information content (AvgIpc) is 2.96. The molecule has 0 atom stereocenters. The van der Waals surface area contributed by atoms with Crippen molar-refractivity contribution < 1.29 is 8.42 Å². The third-order valence-electron chi connectivity index (χ3n) is 3.76. The predicted octanol–water partition coefficient (Wildman–Crippen LogP) is 2.13. The van der Waals surface area contributed by atoms with Gasteiger partial charge in [-0.2, -0.15) is 0 Å². The number of sulfone groups is 1. The van der Waals surface area contributed by atoms with Gasteiger partial charge in [0.25, 0.3) is 0 Å². The number of nitrogens with zero attached hydrogens (tertiary/aromatic N) is 4. The van der Waals surface area contributed by atoms with E-state index >= 15 is 0 Å². The summed E-state index contributed by atoms with van der Waals surface area (Å²) in [6.45, 7) is 5.73. The van der Waals surface area contributed by atoms with Crippen molar-refractivity contribution in [1.29, 1.82) is 0 Å². The SMILES string of the molecule is CCN(CC)c1nc2cc(S(C)(=O)=O)ccc2n2ccnc12. The number of fused-ring (bicyclic) bond motifs is 3. The highest BCUT2D eigenvalue weighted by atomic mass is 32.2. The highest BCUT2D eigenvalue weighted by molar-refractivity contribution is 7.90. The van der Waals surface area contributed by atoms with Crippen molar-refractivity contribution in [3.05, 3.63) is 30.6 Å². The lowest BCUT2D eigenvalue weighted by molar-refractivity contribution is 0.602. The lowest BCUT2D eigenvalue weighted by atomic mass is 10.3. The van der Waals surface area contributed by atoms with Crippen molar-refractivity contribution in [3.8, 4) is 0 Å². The summed E-state index contributed by atoms with van der Waals surface area (Å²) >= 11 is 0. The fourth-order valence-electron chi connectivity index (χ4n) is 2.59. The van der Waals surface area contributed by atoms with Gasteiger partial charge in [-0.3, -0.25) is 4.40 Å². The summed E-state index contributed by atoms with van der Waals surface area (Å²) in [4.78, 5) is 11.4.